The van der Waals surface area contributed by atoms with E-state index in [0.717, 1.165) is 4.47 Å². The van der Waals surface area contributed by atoms with Crippen LogP contribution in [0.4, 0.5) is 0 Å². The molecule has 0 aliphatic carbocycles. The van der Waals surface area contributed by atoms with Gasteiger partial charge in [-0.3, -0.25) is 9.59 Å². The first-order valence-corrected chi connectivity index (χ1v) is 6.25. The molecule has 0 saturated heterocycles. The zero-order valence-electron chi connectivity index (χ0n) is 10.5. The number of nitrogens with one attached hydrogen (secondary N) is 1. The van der Waals surface area contributed by atoms with Crippen LogP contribution in [0.25, 0.3) is 0 Å². The lowest BCUT2D eigenvalue weighted by atomic mass is 9.92. The monoisotopic (exact) mass is 349 g/mol. The minimum atomic E-state index is -1.14. The van der Waals surface area contributed by atoms with Crippen LogP contribution < -0.4 is 16.8 Å². The lowest BCUT2D eigenvalue weighted by Gasteiger charge is -2.24. The van der Waals surface area contributed by atoms with Gasteiger partial charge in [0.1, 0.15) is 5.54 Å². The number of benzene rings is 1. The second-order valence-electron chi connectivity index (χ2n) is 4.18. The van der Waals surface area contributed by atoms with Crippen molar-refractivity contribution in [1.29, 1.82) is 0 Å². The predicted octanol–water partition coefficient (Wildman–Crippen LogP) is 1.04. The Kier molecular flexibility index (Phi) is 7.04. The quantitative estimate of drug-likeness (QED) is 0.740. The summed E-state index contributed by atoms with van der Waals surface area (Å²) in [5.41, 5.74) is 10.5. The SMILES string of the molecule is CC(N)(C(=O)NCCC(N)=O)c1ccc(Br)cc1.Cl. The van der Waals surface area contributed by atoms with Crippen molar-refractivity contribution in [3.8, 4) is 0 Å². The van der Waals surface area contributed by atoms with E-state index in [1.54, 1.807) is 19.1 Å². The first kappa shape index (κ1) is 17.9. The Hall–Kier alpha value is -1.11. The summed E-state index contributed by atoms with van der Waals surface area (Å²) in [6.45, 7) is 1.81. The van der Waals surface area contributed by atoms with Crippen LogP contribution in [-0.2, 0) is 15.1 Å². The third kappa shape index (κ3) is 5.18. The molecule has 0 radical (unpaired) electrons. The summed E-state index contributed by atoms with van der Waals surface area (Å²) in [5.74, 6) is -0.802. The molecule has 0 aliphatic heterocycles. The van der Waals surface area contributed by atoms with E-state index in [1.807, 2.05) is 12.1 Å². The molecule has 0 bridgehead atoms. The highest BCUT2D eigenvalue weighted by molar-refractivity contribution is 9.10. The van der Waals surface area contributed by atoms with Gasteiger partial charge in [0.25, 0.3) is 0 Å². The average Bonchev–Trinajstić information content (AvgIpc) is 2.28. The number of carbonyl (C=O) groups is 2. The lowest BCUT2D eigenvalue weighted by molar-refractivity contribution is -0.126. The van der Waals surface area contributed by atoms with Gasteiger partial charge < -0.3 is 16.8 Å². The highest BCUT2D eigenvalue weighted by Crippen LogP contribution is 2.20. The Morgan fingerprint density at radius 1 is 1.32 bits per heavy atom. The first-order chi connectivity index (χ1) is 8.34. The van der Waals surface area contributed by atoms with Crippen molar-refractivity contribution >= 4 is 40.2 Å². The van der Waals surface area contributed by atoms with Crippen molar-refractivity contribution < 1.29 is 9.59 Å². The van der Waals surface area contributed by atoms with Crippen LogP contribution in [0, 0.1) is 0 Å². The topological polar surface area (TPSA) is 98.2 Å². The van der Waals surface area contributed by atoms with Gasteiger partial charge in [-0.25, -0.2) is 0 Å². The Morgan fingerprint density at radius 3 is 2.32 bits per heavy atom. The molecule has 0 heterocycles. The van der Waals surface area contributed by atoms with Crippen molar-refractivity contribution in [3.63, 3.8) is 0 Å². The van der Waals surface area contributed by atoms with Crippen LogP contribution in [0.15, 0.2) is 28.7 Å². The molecular formula is C12H17BrClN3O2. The third-order valence-electron chi connectivity index (χ3n) is 2.57. The molecule has 0 fully saturated rings. The van der Waals surface area contributed by atoms with E-state index >= 15 is 0 Å². The maximum Gasteiger partial charge on any atom is 0.244 e. The molecule has 5 nitrogen and oxygen atoms in total. The molecule has 1 atom stereocenters. The Labute approximate surface area is 126 Å². The summed E-state index contributed by atoms with van der Waals surface area (Å²) in [7, 11) is 0. The molecule has 0 aliphatic rings. The van der Waals surface area contributed by atoms with Crippen LogP contribution in [0.1, 0.15) is 18.9 Å². The van der Waals surface area contributed by atoms with Crippen LogP contribution in [0.3, 0.4) is 0 Å². The van der Waals surface area contributed by atoms with Crippen molar-refractivity contribution in [2.45, 2.75) is 18.9 Å². The van der Waals surface area contributed by atoms with Crippen LogP contribution in [0.5, 0.6) is 0 Å². The summed E-state index contributed by atoms with van der Waals surface area (Å²) >= 11 is 3.31. The first-order valence-electron chi connectivity index (χ1n) is 5.45. The van der Waals surface area contributed by atoms with Gasteiger partial charge in [-0.15, -0.1) is 12.4 Å². The molecule has 19 heavy (non-hydrogen) atoms. The minimum Gasteiger partial charge on any atom is -0.370 e. The standard InChI is InChI=1S/C12H16BrN3O2.ClH/c1-12(15,8-2-4-9(13)5-3-8)11(18)16-7-6-10(14)17;/h2-5H,6-7,15H2,1H3,(H2,14,17)(H,16,18);1H. The fourth-order valence-corrected chi connectivity index (χ4v) is 1.67. The van der Waals surface area contributed by atoms with Gasteiger partial charge in [0, 0.05) is 17.4 Å². The van der Waals surface area contributed by atoms with E-state index in [1.165, 1.54) is 0 Å². The zero-order chi connectivity index (χ0) is 13.8. The number of rotatable bonds is 5. The highest BCUT2D eigenvalue weighted by atomic mass is 79.9. The fourth-order valence-electron chi connectivity index (χ4n) is 1.41. The van der Waals surface area contributed by atoms with Crippen molar-refractivity contribution in [1.82, 2.24) is 5.32 Å². The Morgan fingerprint density at radius 2 is 1.84 bits per heavy atom. The lowest BCUT2D eigenvalue weighted by Crippen LogP contribution is -2.49. The highest BCUT2D eigenvalue weighted by Gasteiger charge is 2.30. The van der Waals surface area contributed by atoms with E-state index in [-0.39, 0.29) is 31.3 Å². The molecule has 0 saturated carbocycles. The van der Waals surface area contributed by atoms with E-state index in [4.69, 9.17) is 11.5 Å². The molecule has 0 aromatic heterocycles. The third-order valence-corrected chi connectivity index (χ3v) is 3.10. The number of amides is 2. The van der Waals surface area contributed by atoms with Crippen LogP contribution in [-0.4, -0.2) is 18.4 Å². The van der Waals surface area contributed by atoms with Crippen molar-refractivity contribution in [2.24, 2.45) is 11.5 Å². The van der Waals surface area contributed by atoms with Gasteiger partial charge in [-0.2, -0.15) is 0 Å². The number of halogens is 2. The molecule has 5 N–H and O–H groups in total. The second kappa shape index (κ2) is 7.47. The maximum atomic E-state index is 11.9. The van der Waals surface area contributed by atoms with Gasteiger partial charge in [-0.1, -0.05) is 28.1 Å². The average molecular weight is 351 g/mol. The maximum absolute atomic E-state index is 11.9. The van der Waals surface area contributed by atoms with Crippen molar-refractivity contribution in [3.05, 3.63) is 34.3 Å². The van der Waals surface area contributed by atoms with Crippen molar-refractivity contribution in [2.75, 3.05) is 6.54 Å². The molecule has 1 unspecified atom stereocenters. The summed E-state index contributed by atoms with van der Waals surface area (Å²) in [6.07, 6.45) is 0.0994. The molecule has 1 aromatic carbocycles. The van der Waals surface area contributed by atoms with Crippen LogP contribution >= 0.6 is 28.3 Å². The zero-order valence-corrected chi connectivity index (χ0v) is 12.9. The largest absolute Gasteiger partial charge is 0.370 e. The number of nitrogens with two attached hydrogens (primary N) is 2. The van der Waals surface area contributed by atoms with E-state index < -0.39 is 11.4 Å². The molecular weight excluding hydrogens is 334 g/mol. The number of primary amides is 1. The molecule has 0 spiro atoms. The molecule has 1 rings (SSSR count). The summed E-state index contributed by atoms with van der Waals surface area (Å²) in [4.78, 5) is 22.5. The molecule has 7 heteroatoms. The summed E-state index contributed by atoms with van der Waals surface area (Å²) < 4.78 is 0.913. The van der Waals surface area contributed by atoms with Gasteiger partial charge in [0.15, 0.2) is 0 Å². The summed E-state index contributed by atoms with van der Waals surface area (Å²) in [6, 6.07) is 7.18. The van der Waals surface area contributed by atoms with Crippen LogP contribution in [0.2, 0.25) is 0 Å². The molecule has 106 valence electrons. The summed E-state index contributed by atoms with van der Waals surface area (Å²) in [5, 5.41) is 2.59. The smallest absolute Gasteiger partial charge is 0.244 e. The van der Waals surface area contributed by atoms with Gasteiger partial charge in [0.2, 0.25) is 11.8 Å². The predicted molar refractivity (Wildman–Crippen MR) is 79.8 cm³/mol. The van der Waals surface area contributed by atoms with Gasteiger partial charge >= 0.3 is 0 Å². The number of hydrogen-bond donors (Lipinski definition) is 3. The van der Waals surface area contributed by atoms with E-state index in [0.29, 0.717) is 5.56 Å². The molecule has 1 aromatic rings. The van der Waals surface area contributed by atoms with E-state index in [9.17, 15) is 9.59 Å². The number of hydrogen-bond acceptors (Lipinski definition) is 3. The van der Waals surface area contributed by atoms with Gasteiger partial charge in [-0.05, 0) is 24.6 Å². The van der Waals surface area contributed by atoms with Gasteiger partial charge in [0.05, 0.1) is 0 Å². The second-order valence-corrected chi connectivity index (χ2v) is 5.10. The normalized spacial score (nSPS) is 13.0. The Balaban J connectivity index is 0.00000324. The Bertz CT molecular complexity index is 449. The molecule has 2 amide bonds. The number of carbonyl (C=O) groups excluding carboxylic acids is 2. The fraction of sp³-hybridized carbons (Fsp3) is 0.333. The minimum absolute atomic E-state index is 0. The van der Waals surface area contributed by atoms with E-state index in [2.05, 4.69) is 21.2 Å².